The number of amides is 1. The van der Waals surface area contributed by atoms with Crippen molar-refractivity contribution in [3.05, 3.63) is 83.4 Å². The molecule has 8 nitrogen and oxygen atoms in total. The van der Waals surface area contributed by atoms with Crippen LogP contribution in [0.1, 0.15) is 17.2 Å². The molecule has 2 aliphatic heterocycles. The molecule has 10 heteroatoms. The number of nitrogens with zero attached hydrogens (tertiary/aromatic N) is 3. The predicted molar refractivity (Wildman–Crippen MR) is 126 cm³/mol. The third kappa shape index (κ3) is 3.50. The summed E-state index contributed by atoms with van der Waals surface area (Å²) in [4.78, 5) is 36.3. The number of aromatic nitrogens is 2. The second-order valence-electron chi connectivity index (χ2n) is 7.92. The van der Waals surface area contributed by atoms with Gasteiger partial charge in [0.2, 0.25) is 0 Å². The van der Waals surface area contributed by atoms with Crippen LogP contribution >= 0.6 is 11.3 Å². The van der Waals surface area contributed by atoms with Gasteiger partial charge >= 0.3 is 5.91 Å². The summed E-state index contributed by atoms with van der Waals surface area (Å²) in [5.41, 5.74) is 1.26. The van der Waals surface area contributed by atoms with Gasteiger partial charge in [-0.2, -0.15) is 0 Å². The van der Waals surface area contributed by atoms with E-state index in [0.29, 0.717) is 46.1 Å². The average Bonchev–Trinajstić information content (AvgIpc) is 3.41. The summed E-state index contributed by atoms with van der Waals surface area (Å²) in [5, 5.41) is 11.5. The average molecular weight is 489 g/mol. The van der Waals surface area contributed by atoms with Crippen molar-refractivity contribution in [3.63, 3.8) is 0 Å². The Morgan fingerprint density at radius 3 is 2.60 bits per heavy atom. The van der Waals surface area contributed by atoms with E-state index in [1.807, 2.05) is 0 Å². The van der Waals surface area contributed by atoms with Crippen molar-refractivity contribution in [1.29, 1.82) is 0 Å². The van der Waals surface area contributed by atoms with Gasteiger partial charge in [-0.1, -0.05) is 11.3 Å². The molecule has 1 N–H and O–H groups in total. The number of ether oxygens (including phenoxy) is 2. The summed E-state index contributed by atoms with van der Waals surface area (Å²) in [6.45, 7) is 0.772. The first-order valence-electron chi connectivity index (χ1n) is 10.7. The first kappa shape index (κ1) is 21.2. The molecule has 2 aromatic carbocycles. The number of ketones is 1. The number of aliphatic hydroxyl groups excluding tert-OH is 1. The summed E-state index contributed by atoms with van der Waals surface area (Å²) >= 11 is 1.09. The van der Waals surface area contributed by atoms with Gasteiger partial charge in [-0.05, 0) is 54.1 Å². The monoisotopic (exact) mass is 489 g/mol. The molecule has 1 amide bonds. The fourth-order valence-electron chi connectivity index (χ4n) is 4.23. The molecule has 0 radical (unpaired) electrons. The van der Waals surface area contributed by atoms with E-state index in [9.17, 15) is 19.1 Å². The molecule has 1 atom stereocenters. The van der Waals surface area contributed by atoms with Crippen LogP contribution in [0.15, 0.2) is 66.5 Å². The third-order valence-electron chi connectivity index (χ3n) is 5.83. The highest BCUT2D eigenvalue weighted by atomic mass is 32.1. The molecule has 2 aromatic heterocycles. The second kappa shape index (κ2) is 8.17. The smallest absolute Gasteiger partial charge is 0.301 e. The van der Waals surface area contributed by atoms with Gasteiger partial charge in [0.15, 0.2) is 16.6 Å². The zero-order chi connectivity index (χ0) is 24.1. The highest BCUT2D eigenvalue weighted by Crippen LogP contribution is 2.45. The molecule has 6 rings (SSSR count). The minimum Gasteiger partial charge on any atom is -0.507 e. The van der Waals surface area contributed by atoms with Crippen molar-refractivity contribution in [2.24, 2.45) is 0 Å². The number of benzene rings is 2. The Morgan fingerprint density at radius 1 is 1.03 bits per heavy atom. The number of Topliss-reactive ketones (excluding diaryl/α,β-unsaturated/α-hetero) is 1. The number of pyridine rings is 1. The number of halogens is 1. The Morgan fingerprint density at radius 2 is 1.80 bits per heavy atom. The van der Waals surface area contributed by atoms with E-state index in [1.165, 1.54) is 35.5 Å². The highest BCUT2D eigenvalue weighted by Gasteiger charge is 2.48. The maximum atomic E-state index is 13.8. The van der Waals surface area contributed by atoms with Crippen LogP contribution in [-0.4, -0.2) is 40.0 Å². The number of thiazole rings is 1. The normalized spacial score (nSPS) is 18.9. The van der Waals surface area contributed by atoms with Crippen LogP contribution in [0.2, 0.25) is 0 Å². The van der Waals surface area contributed by atoms with Gasteiger partial charge in [-0.15, -0.1) is 0 Å². The van der Waals surface area contributed by atoms with Crippen LogP contribution in [0.3, 0.4) is 0 Å². The molecule has 174 valence electrons. The van der Waals surface area contributed by atoms with Gasteiger partial charge in [-0.3, -0.25) is 19.5 Å². The molecular formula is C25H16FN3O5S. The van der Waals surface area contributed by atoms with Gasteiger partial charge < -0.3 is 14.6 Å². The van der Waals surface area contributed by atoms with Crippen LogP contribution in [0.25, 0.3) is 16.0 Å². The molecule has 4 heterocycles. The summed E-state index contributed by atoms with van der Waals surface area (Å²) in [6.07, 6.45) is 3.07. The topological polar surface area (TPSA) is 102 Å². The minimum atomic E-state index is -0.961. The van der Waals surface area contributed by atoms with Crippen LogP contribution < -0.4 is 14.4 Å². The van der Waals surface area contributed by atoms with Gasteiger partial charge in [0.1, 0.15) is 24.8 Å². The molecule has 2 aliphatic rings. The van der Waals surface area contributed by atoms with Gasteiger partial charge in [0.05, 0.1) is 21.8 Å². The van der Waals surface area contributed by atoms with Crippen LogP contribution in [0.4, 0.5) is 9.52 Å². The Hall–Kier alpha value is -4.31. The summed E-state index contributed by atoms with van der Waals surface area (Å²) in [5.74, 6) is -1.52. The molecule has 0 aliphatic carbocycles. The number of carbonyl (C=O) groups excluding carboxylic acids is 2. The lowest BCUT2D eigenvalue weighted by Gasteiger charge is -2.23. The number of hydrogen-bond acceptors (Lipinski definition) is 8. The quantitative estimate of drug-likeness (QED) is 0.261. The predicted octanol–water partition coefficient (Wildman–Crippen LogP) is 4.23. The van der Waals surface area contributed by atoms with Crippen molar-refractivity contribution >= 4 is 44.1 Å². The maximum absolute atomic E-state index is 13.8. The molecule has 1 unspecified atom stereocenters. The number of anilines is 1. The molecule has 1 saturated heterocycles. The number of hydrogen-bond donors (Lipinski definition) is 1. The van der Waals surface area contributed by atoms with E-state index in [1.54, 1.807) is 30.3 Å². The number of rotatable bonds is 3. The van der Waals surface area contributed by atoms with Crippen molar-refractivity contribution in [1.82, 2.24) is 9.97 Å². The Labute approximate surface area is 201 Å². The Kier molecular flexibility index (Phi) is 4.96. The zero-order valence-electron chi connectivity index (χ0n) is 18.0. The van der Waals surface area contributed by atoms with Gasteiger partial charge in [0.25, 0.3) is 5.78 Å². The molecular weight excluding hydrogens is 473 g/mol. The van der Waals surface area contributed by atoms with Crippen molar-refractivity contribution in [3.8, 4) is 11.5 Å². The second-order valence-corrected chi connectivity index (χ2v) is 8.93. The van der Waals surface area contributed by atoms with Crippen molar-refractivity contribution in [2.45, 2.75) is 6.04 Å². The lowest BCUT2D eigenvalue weighted by Crippen LogP contribution is -2.29. The van der Waals surface area contributed by atoms with Crippen LogP contribution in [-0.2, 0) is 9.59 Å². The standard InChI is InChI=1S/C25H16FN3O5S/c26-15-2-3-16-19(12-15)35-25(28-16)29-21(13-5-7-27-8-6-13)20(23(31)24(29)32)22(30)14-1-4-17-18(11-14)34-10-9-33-17/h1-8,11-12,21,30H,9-10H2. The van der Waals surface area contributed by atoms with Crippen molar-refractivity contribution < 1.29 is 28.6 Å². The van der Waals surface area contributed by atoms with Crippen LogP contribution in [0.5, 0.6) is 11.5 Å². The minimum absolute atomic E-state index is 0.0942. The Balaban J connectivity index is 1.53. The van der Waals surface area contributed by atoms with E-state index >= 15 is 0 Å². The van der Waals surface area contributed by atoms with Gasteiger partial charge in [-0.25, -0.2) is 9.37 Å². The lowest BCUT2D eigenvalue weighted by molar-refractivity contribution is -0.132. The number of aliphatic hydroxyl groups is 1. The van der Waals surface area contributed by atoms with E-state index in [-0.39, 0.29) is 16.5 Å². The molecule has 4 aromatic rings. The zero-order valence-corrected chi connectivity index (χ0v) is 18.8. The van der Waals surface area contributed by atoms with E-state index < -0.39 is 23.5 Å². The summed E-state index contributed by atoms with van der Waals surface area (Å²) in [7, 11) is 0. The molecule has 0 saturated carbocycles. The maximum Gasteiger partial charge on any atom is 0.301 e. The highest BCUT2D eigenvalue weighted by molar-refractivity contribution is 7.22. The SMILES string of the molecule is O=C1C(=O)N(c2nc3ccc(F)cc3s2)C(c2ccncc2)C1=C(O)c1ccc2c(c1)OCCO2. The number of carbonyl (C=O) groups is 2. The van der Waals surface area contributed by atoms with E-state index in [2.05, 4.69) is 9.97 Å². The number of fused-ring (bicyclic) bond motifs is 2. The molecule has 1 fully saturated rings. The fraction of sp³-hybridized carbons (Fsp3) is 0.120. The van der Waals surface area contributed by atoms with Gasteiger partial charge in [0, 0.05) is 18.0 Å². The molecule has 35 heavy (non-hydrogen) atoms. The van der Waals surface area contributed by atoms with E-state index in [0.717, 1.165) is 11.3 Å². The first-order valence-corrected chi connectivity index (χ1v) is 11.5. The fourth-order valence-corrected chi connectivity index (χ4v) is 5.24. The summed E-state index contributed by atoms with van der Waals surface area (Å²) in [6, 6.07) is 11.3. The Bertz CT molecular complexity index is 1530. The first-order chi connectivity index (χ1) is 17.0. The largest absolute Gasteiger partial charge is 0.507 e. The summed E-state index contributed by atoms with van der Waals surface area (Å²) < 4.78 is 25.4. The molecule has 0 bridgehead atoms. The third-order valence-corrected chi connectivity index (χ3v) is 6.84. The van der Waals surface area contributed by atoms with E-state index in [4.69, 9.17) is 9.47 Å². The van der Waals surface area contributed by atoms with Crippen LogP contribution in [0, 0.1) is 5.82 Å². The lowest BCUT2D eigenvalue weighted by atomic mass is 9.96. The van der Waals surface area contributed by atoms with Crippen molar-refractivity contribution in [2.75, 3.05) is 18.1 Å². The molecule has 0 spiro atoms.